The van der Waals surface area contributed by atoms with Gasteiger partial charge in [-0.05, 0) is 19.4 Å². The van der Waals surface area contributed by atoms with Crippen molar-refractivity contribution in [1.82, 2.24) is 9.97 Å². The van der Waals surface area contributed by atoms with Crippen molar-refractivity contribution in [1.29, 1.82) is 0 Å². The summed E-state index contributed by atoms with van der Waals surface area (Å²) in [7, 11) is 0. The van der Waals surface area contributed by atoms with E-state index in [1.165, 1.54) is 0 Å². The Balaban J connectivity index is 3.12. The molecule has 58 valence electrons. The summed E-state index contributed by atoms with van der Waals surface area (Å²) in [4.78, 5) is 8.52. The number of rotatable bonds is 2. The Kier molecular flexibility index (Phi) is 2.36. The minimum absolute atomic E-state index is 0.854. The van der Waals surface area contributed by atoms with E-state index in [0.717, 1.165) is 23.5 Å². The van der Waals surface area contributed by atoms with Crippen molar-refractivity contribution in [3.05, 3.63) is 29.9 Å². The number of hydrogen-bond acceptors (Lipinski definition) is 2. The molecule has 0 radical (unpaired) electrons. The largest absolute Gasteiger partial charge is 0.257 e. The molecule has 11 heavy (non-hydrogen) atoms. The summed E-state index contributed by atoms with van der Waals surface area (Å²) in [5.41, 5.74) is 2.92. The second kappa shape index (κ2) is 3.28. The lowest BCUT2D eigenvalue weighted by molar-refractivity contribution is 0.950. The fraction of sp³-hybridized carbons (Fsp3) is 0.333. The summed E-state index contributed by atoms with van der Waals surface area (Å²) < 4.78 is 0. The molecule has 1 heterocycles. The van der Waals surface area contributed by atoms with E-state index < -0.39 is 0 Å². The lowest BCUT2D eigenvalue weighted by atomic mass is 10.2. The number of hydrogen-bond donors (Lipinski definition) is 0. The SMILES string of the molecule is C=Cc1cnc(C)c(CC)n1. The first-order valence-corrected chi connectivity index (χ1v) is 3.73. The third-order valence-corrected chi connectivity index (χ3v) is 1.62. The van der Waals surface area contributed by atoms with Gasteiger partial charge in [0.25, 0.3) is 0 Å². The Hall–Kier alpha value is -1.18. The van der Waals surface area contributed by atoms with E-state index in [-0.39, 0.29) is 0 Å². The first kappa shape index (κ1) is 7.92. The summed E-state index contributed by atoms with van der Waals surface area (Å²) in [6.07, 6.45) is 4.38. The molecule has 0 aliphatic carbocycles. The maximum atomic E-state index is 4.33. The number of nitrogens with zero attached hydrogens (tertiary/aromatic N) is 2. The Bertz CT molecular complexity index is 266. The van der Waals surface area contributed by atoms with Crippen LogP contribution in [-0.4, -0.2) is 9.97 Å². The van der Waals surface area contributed by atoms with Crippen LogP contribution in [-0.2, 0) is 6.42 Å². The third kappa shape index (κ3) is 1.64. The second-order valence-corrected chi connectivity index (χ2v) is 2.38. The molecule has 0 aromatic carbocycles. The molecule has 2 nitrogen and oxygen atoms in total. The molecular weight excluding hydrogens is 136 g/mol. The first-order chi connectivity index (χ1) is 5.27. The lowest BCUT2D eigenvalue weighted by Gasteiger charge is -2.00. The quantitative estimate of drug-likeness (QED) is 0.641. The van der Waals surface area contributed by atoms with Gasteiger partial charge < -0.3 is 0 Å². The standard InChI is InChI=1S/C9H12N2/c1-4-8-6-10-7(3)9(5-2)11-8/h4,6H,1,5H2,2-3H3. The van der Waals surface area contributed by atoms with Gasteiger partial charge in [-0.15, -0.1) is 0 Å². The topological polar surface area (TPSA) is 25.8 Å². The van der Waals surface area contributed by atoms with E-state index in [9.17, 15) is 0 Å². The van der Waals surface area contributed by atoms with Gasteiger partial charge in [-0.1, -0.05) is 13.5 Å². The van der Waals surface area contributed by atoms with Gasteiger partial charge in [0.15, 0.2) is 0 Å². The molecule has 2 heteroatoms. The van der Waals surface area contributed by atoms with E-state index in [4.69, 9.17) is 0 Å². The van der Waals surface area contributed by atoms with E-state index >= 15 is 0 Å². The molecule has 0 saturated heterocycles. The highest BCUT2D eigenvalue weighted by Crippen LogP contribution is 2.03. The van der Waals surface area contributed by atoms with Crippen molar-refractivity contribution in [2.75, 3.05) is 0 Å². The van der Waals surface area contributed by atoms with Crippen molar-refractivity contribution in [2.45, 2.75) is 20.3 Å². The van der Waals surface area contributed by atoms with Gasteiger partial charge in [-0.2, -0.15) is 0 Å². The summed E-state index contributed by atoms with van der Waals surface area (Å²) in [5, 5.41) is 0. The van der Waals surface area contributed by atoms with E-state index in [0.29, 0.717) is 0 Å². The highest BCUT2D eigenvalue weighted by Gasteiger charge is 1.97. The lowest BCUT2D eigenvalue weighted by Crippen LogP contribution is -1.96. The van der Waals surface area contributed by atoms with Gasteiger partial charge in [-0.3, -0.25) is 4.98 Å². The summed E-state index contributed by atoms with van der Waals surface area (Å²) >= 11 is 0. The summed E-state index contributed by atoms with van der Waals surface area (Å²) in [5.74, 6) is 0. The van der Waals surface area contributed by atoms with Crippen LogP contribution in [0.4, 0.5) is 0 Å². The Morgan fingerprint density at radius 1 is 1.64 bits per heavy atom. The molecule has 0 amide bonds. The van der Waals surface area contributed by atoms with Crippen LogP contribution < -0.4 is 0 Å². The molecule has 0 aliphatic heterocycles. The van der Waals surface area contributed by atoms with Crippen LogP contribution in [0.15, 0.2) is 12.8 Å². The van der Waals surface area contributed by atoms with Crippen molar-refractivity contribution < 1.29 is 0 Å². The van der Waals surface area contributed by atoms with E-state index in [1.807, 2.05) is 6.92 Å². The molecule has 0 spiro atoms. The molecule has 0 fully saturated rings. The summed E-state index contributed by atoms with van der Waals surface area (Å²) in [6, 6.07) is 0. The van der Waals surface area contributed by atoms with Crippen molar-refractivity contribution in [3.8, 4) is 0 Å². The first-order valence-electron chi connectivity index (χ1n) is 3.73. The van der Waals surface area contributed by atoms with Crippen LogP contribution >= 0.6 is 0 Å². The van der Waals surface area contributed by atoms with Crippen LogP contribution in [0.2, 0.25) is 0 Å². The fourth-order valence-electron chi connectivity index (χ4n) is 0.936. The molecule has 1 rings (SSSR count). The van der Waals surface area contributed by atoms with Crippen molar-refractivity contribution in [2.24, 2.45) is 0 Å². The van der Waals surface area contributed by atoms with Crippen LogP contribution in [0.1, 0.15) is 24.0 Å². The van der Waals surface area contributed by atoms with Crippen LogP contribution in [0.3, 0.4) is 0 Å². The highest BCUT2D eigenvalue weighted by atomic mass is 14.8. The second-order valence-electron chi connectivity index (χ2n) is 2.38. The average Bonchev–Trinajstić information content (AvgIpc) is 2.05. The zero-order chi connectivity index (χ0) is 8.27. The number of aromatic nitrogens is 2. The zero-order valence-electron chi connectivity index (χ0n) is 6.96. The molecule has 1 aromatic heterocycles. The Morgan fingerprint density at radius 3 is 2.91 bits per heavy atom. The van der Waals surface area contributed by atoms with E-state index in [2.05, 4.69) is 23.5 Å². The Labute approximate surface area is 67.0 Å². The minimum atomic E-state index is 0.854. The molecule has 0 unspecified atom stereocenters. The monoisotopic (exact) mass is 148 g/mol. The minimum Gasteiger partial charge on any atom is -0.257 e. The van der Waals surface area contributed by atoms with Gasteiger partial charge in [0.05, 0.1) is 23.3 Å². The smallest absolute Gasteiger partial charge is 0.0810 e. The molecule has 0 aliphatic rings. The van der Waals surface area contributed by atoms with Gasteiger partial charge in [0.2, 0.25) is 0 Å². The third-order valence-electron chi connectivity index (χ3n) is 1.62. The normalized spacial score (nSPS) is 9.64. The van der Waals surface area contributed by atoms with Gasteiger partial charge >= 0.3 is 0 Å². The fourth-order valence-corrected chi connectivity index (χ4v) is 0.936. The average molecular weight is 148 g/mol. The predicted molar refractivity (Wildman–Crippen MR) is 46.2 cm³/mol. The molecule has 0 N–H and O–H groups in total. The number of aryl methyl sites for hydroxylation is 2. The van der Waals surface area contributed by atoms with Crippen molar-refractivity contribution in [3.63, 3.8) is 0 Å². The molecular formula is C9H12N2. The molecule has 0 bridgehead atoms. The van der Waals surface area contributed by atoms with E-state index in [1.54, 1.807) is 12.3 Å². The van der Waals surface area contributed by atoms with Gasteiger partial charge in [-0.25, -0.2) is 4.98 Å². The van der Waals surface area contributed by atoms with Crippen LogP contribution in [0.5, 0.6) is 0 Å². The van der Waals surface area contributed by atoms with Crippen LogP contribution in [0, 0.1) is 6.92 Å². The zero-order valence-corrected chi connectivity index (χ0v) is 6.96. The maximum Gasteiger partial charge on any atom is 0.0810 e. The van der Waals surface area contributed by atoms with Crippen molar-refractivity contribution >= 4 is 6.08 Å². The highest BCUT2D eigenvalue weighted by molar-refractivity contribution is 5.40. The summed E-state index contributed by atoms with van der Waals surface area (Å²) in [6.45, 7) is 7.68. The van der Waals surface area contributed by atoms with Crippen LogP contribution in [0.25, 0.3) is 6.08 Å². The Morgan fingerprint density at radius 2 is 2.36 bits per heavy atom. The van der Waals surface area contributed by atoms with Gasteiger partial charge in [0, 0.05) is 0 Å². The van der Waals surface area contributed by atoms with Gasteiger partial charge in [0.1, 0.15) is 0 Å². The molecule has 0 saturated carbocycles. The maximum absolute atomic E-state index is 4.33. The molecule has 0 atom stereocenters. The predicted octanol–water partition coefficient (Wildman–Crippen LogP) is 1.99. The molecule has 1 aromatic rings.